The molecule has 1 fully saturated rings. The fourth-order valence-electron chi connectivity index (χ4n) is 2.94. The van der Waals surface area contributed by atoms with Crippen LogP contribution in [0.25, 0.3) is 5.69 Å². The van der Waals surface area contributed by atoms with Crippen molar-refractivity contribution in [1.82, 2.24) is 20.3 Å². The molecular weight excluding hydrogens is 296 g/mol. The molecule has 0 radical (unpaired) electrons. The van der Waals surface area contributed by atoms with E-state index in [0.29, 0.717) is 12.8 Å². The Morgan fingerprint density at radius 2 is 2.17 bits per heavy atom. The molecule has 7 heteroatoms. The number of carboxylic acids is 1. The number of aromatic nitrogens is 3. The number of nitrogens with zero attached hydrogens (tertiary/aromatic N) is 3. The van der Waals surface area contributed by atoms with Gasteiger partial charge in [-0.05, 0) is 37.5 Å². The first-order valence-corrected chi connectivity index (χ1v) is 7.57. The first kappa shape index (κ1) is 15.2. The van der Waals surface area contributed by atoms with Crippen LogP contribution in [0, 0.1) is 12.8 Å². The van der Waals surface area contributed by atoms with E-state index in [1.54, 1.807) is 6.20 Å². The number of hydrogen-bond acceptors (Lipinski definition) is 4. The van der Waals surface area contributed by atoms with Gasteiger partial charge in [-0.15, -0.1) is 5.10 Å². The second-order valence-corrected chi connectivity index (χ2v) is 5.84. The van der Waals surface area contributed by atoms with Crippen LogP contribution in [0.4, 0.5) is 0 Å². The van der Waals surface area contributed by atoms with Gasteiger partial charge in [0, 0.05) is 6.04 Å². The highest BCUT2D eigenvalue weighted by Gasteiger charge is 2.34. The monoisotopic (exact) mass is 314 g/mol. The van der Waals surface area contributed by atoms with Gasteiger partial charge in [0.25, 0.3) is 5.91 Å². The van der Waals surface area contributed by atoms with E-state index in [-0.39, 0.29) is 17.6 Å². The van der Waals surface area contributed by atoms with Gasteiger partial charge < -0.3 is 10.4 Å². The molecule has 23 heavy (non-hydrogen) atoms. The zero-order valence-corrected chi connectivity index (χ0v) is 12.8. The van der Waals surface area contributed by atoms with Crippen LogP contribution in [0.3, 0.4) is 0 Å². The summed E-state index contributed by atoms with van der Waals surface area (Å²) in [4.78, 5) is 23.4. The van der Waals surface area contributed by atoms with Crippen molar-refractivity contribution in [3.63, 3.8) is 0 Å². The van der Waals surface area contributed by atoms with Crippen molar-refractivity contribution in [2.45, 2.75) is 32.2 Å². The summed E-state index contributed by atoms with van der Waals surface area (Å²) < 4.78 is 1.53. The highest BCUT2D eigenvalue weighted by Crippen LogP contribution is 2.26. The van der Waals surface area contributed by atoms with Gasteiger partial charge in [-0.25, -0.2) is 4.68 Å². The molecule has 2 atom stereocenters. The number of carboxylic acid groups (broad SMARTS) is 1. The van der Waals surface area contributed by atoms with Crippen molar-refractivity contribution in [3.8, 4) is 5.69 Å². The minimum atomic E-state index is -0.865. The molecule has 1 aromatic heterocycles. The summed E-state index contributed by atoms with van der Waals surface area (Å²) in [5.41, 5.74) is 2.09. The maximum Gasteiger partial charge on any atom is 0.308 e. The molecule has 7 nitrogen and oxygen atoms in total. The molecule has 0 aliphatic heterocycles. The molecule has 0 unspecified atom stereocenters. The summed E-state index contributed by atoms with van der Waals surface area (Å²) in [6, 6.07) is 7.35. The van der Waals surface area contributed by atoms with Gasteiger partial charge in [0.05, 0.1) is 17.8 Å². The van der Waals surface area contributed by atoms with Gasteiger partial charge in [0.2, 0.25) is 0 Å². The summed E-state index contributed by atoms with van der Waals surface area (Å²) in [5.74, 6) is -1.77. The van der Waals surface area contributed by atoms with Crippen LogP contribution in [0.2, 0.25) is 0 Å². The molecule has 0 bridgehead atoms. The standard InChI is InChI=1S/C16H18N4O3/c1-10-4-2-5-11(8-10)20-9-14(18-19-20)15(21)17-13-7-3-6-12(13)16(22)23/h2,4-5,8-9,12-13H,3,6-7H2,1H3,(H,17,21)(H,22,23)/t12-,13+/m0/s1. The van der Waals surface area contributed by atoms with Crippen LogP contribution < -0.4 is 5.32 Å². The number of benzene rings is 1. The largest absolute Gasteiger partial charge is 0.481 e. The molecule has 3 rings (SSSR count). The van der Waals surface area contributed by atoms with Crippen molar-refractivity contribution in [2.75, 3.05) is 0 Å². The molecule has 2 aromatic rings. The van der Waals surface area contributed by atoms with E-state index >= 15 is 0 Å². The third-order valence-electron chi connectivity index (χ3n) is 4.14. The number of aryl methyl sites for hydroxylation is 1. The Morgan fingerprint density at radius 1 is 1.35 bits per heavy atom. The average molecular weight is 314 g/mol. The van der Waals surface area contributed by atoms with Gasteiger partial charge in [0.15, 0.2) is 5.69 Å². The first-order valence-electron chi connectivity index (χ1n) is 7.57. The number of carbonyl (C=O) groups excluding carboxylic acids is 1. The second kappa shape index (κ2) is 6.20. The van der Waals surface area contributed by atoms with Crippen molar-refractivity contribution >= 4 is 11.9 Å². The second-order valence-electron chi connectivity index (χ2n) is 5.84. The minimum Gasteiger partial charge on any atom is -0.481 e. The van der Waals surface area contributed by atoms with Crippen LogP contribution in [-0.4, -0.2) is 38.0 Å². The quantitative estimate of drug-likeness (QED) is 0.892. The number of amides is 1. The Balaban J connectivity index is 1.73. The van der Waals surface area contributed by atoms with E-state index in [1.807, 2.05) is 31.2 Å². The van der Waals surface area contributed by atoms with Crippen LogP contribution in [0.1, 0.15) is 35.3 Å². The normalized spacial score (nSPS) is 20.4. The van der Waals surface area contributed by atoms with Crippen molar-refractivity contribution < 1.29 is 14.7 Å². The average Bonchev–Trinajstić information content (AvgIpc) is 3.16. The molecule has 1 heterocycles. The van der Waals surface area contributed by atoms with Crippen LogP contribution in [0.5, 0.6) is 0 Å². The maximum absolute atomic E-state index is 12.3. The molecule has 1 aliphatic rings. The van der Waals surface area contributed by atoms with E-state index in [2.05, 4.69) is 15.6 Å². The van der Waals surface area contributed by atoms with Crippen LogP contribution in [0.15, 0.2) is 30.5 Å². The molecule has 0 spiro atoms. The van der Waals surface area contributed by atoms with Crippen LogP contribution in [-0.2, 0) is 4.79 Å². The maximum atomic E-state index is 12.3. The third-order valence-corrected chi connectivity index (χ3v) is 4.14. The Bertz CT molecular complexity index is 740. The Labute approximate surface area is 133 Å². The molecule has 1 amide bonds. The van der Waals surface area contributed by atoms with E-state index in [1.165, 1.54) is 4.68 Å². The molecule has 0 saturated heterocycles. The van der Waals surface area contributed by atoms with Gasteiger partial charge in [-0.3, -0.25) is 9.59 Å². The molecule has 1 aliphatic carbocycles. The number of carbonyl (C=O) groups is 2. The molecule has 1 aromatic carbocycles. The Hall–Kier alpha value is -2.70. The van der Waals surface area contributed by atoms with Gasteiger partial charge in [-0.1, -0.05) is 23.8 Å². The molecule has 120 valence electrons. The summed E-state index contributed by atoms with van der Waals surface area (Å²) in [6.07, 6.45) is 3.62. The van der Waals surface area contributed by atoms with E-state index in [4.69, 9.17) is 5.11 Å². The van der Waals surface area contributed by atoms with E-state index in [0.717, 1.165) is 17.7 Å². The number of rotatable bonds is 4. The highest BCUT2D eigenvalue weighted by molar-refractivity contribution is 5.92. The van der Waals surface area contributed by atoms with E-state index < -0.39 is 11.9 Å². The summed E-state index contributed by atoms with van der Waals surface area (Å²) in [6.45, 7) is 1.97. The fourth-order valence-corrected chi connectivity index (χ4v) is 2.94. The summed E-state index contributed by atoms with van der Waals surface area (Å²) >= 11 is 0. The lowest BCUT2D eigenvalue weighted by molar-refractivity contribution is -0.142. The highest BCUT2D eigenvalue weighted by atomic mass is 16.4. The molecular formula is C16H18N4O3. The Morgan fingerprint density at radius 3 is 2.91 bits per heavy atom. The number of aliphatic carboxylic acids is 1. The summed E-state index contributed by atoms with van der Waals surface area (Å²) in [5, 5.41) is 19.8. The molecule has 2 N–H and O–H groups in total. The van der Waals surface area contributed by atoms with E-state index in [9.17, 15) is 9.59 Å². The predicted molar refractivity (Wildman–Crippen MR) is 82.3 cm³/mol. The number of nitrogens with one attached hydrogen (secondary N) is 1. The predicted octanol–water partition coefficient (Wildman–Crippen LogP) is 1.56. The van der Waals surface area contributed by atoms with Crippen molar-refractivity contribution in [3.05, 3.63) is 41.7 Å². The first-order chi connectivity index (χ1) is 11.0. The van der Waals surface area contributed by atoms with Crippen LogP contribution >= 0.6 is 0 Å². The van der Waals surface area contributed by atoms with Crippen molar-refractivity contribution in [1.29, 1.82) is 0 Å². The van der Waals surface area contributed by atoms with Gasteiger partial charge in [-0.2, -0.15) is 0 Å². The molecule has 1 saturated carbocycles. The lowest BCUT2D eigenvalue weighted by Crippen LogP contribution is -2.40. The zero-order valence-electron chi connectivity index (χ0n) is 12.8. The summed E-state index contributed by atoms with van der Waals surface area (Å²) in [7, 11) is 0. The smallest absolute Gasteiger partial charge is 0.308 e. The minimum absolute atomic E-state index is 0.183. The van der Waals surface area contributed by atoms with Gasteiger partial charge in [0.1, 0.15) is 0 Å². The lowest BCUT2D eigenvalue weighted by Gasteiger charge is -2.16. The zero-order chi connectivity index (χ0) is 16.4. The van der Waals surface area contributed by atoms with Crippen molar-refractivity contribution in [2.24, 2.45) is 5.92 Å². The Kier molecular flexibility index (Phi) is 4.10. The lowest BCUT2D eigenvalue weighted by atomic mass is 10.0. The fraction of sp³-hybridized carbons (Fsp3) is 0.375. The van der Waals surface area contributed by atoms with Gasteiger partial charge >= 0.3 is 5.97 Å². The third kappa shape index (κ3) is 3.23. The SMILES string of the molecule is Cc1cccc(-n2cc(C(=O)N[C@@H]3CCC[C@@H]3C(=O)O)nn2)c1. The topological polar surface area (TPSA) is 97.1 Å². The number of hydrogen-bond donors (Lipinski definition) is 2.